The number of benzene rings is 1. The smallest absolute Gasteiger partial charge is 0.123 e. The van der Waals surface area contributed by atoms with Crippen LogP contribution in [0.5, 0.6) is 11.5 Å². The fraction of sp³-hybridized carbons (Fsp3) is 0.538. The maximum Gasteiger partial charge on any atom is 0.123 e. The molecular formula is C13H19NO2. The van der Waals surface area contributed by atoms with E-state index in [1.54, 1.807) is 6.07 Å². The quantitative estimate of drug-likeness (QED) is 0.804. The molecular weight excluding hydrogens is 202 g/mol. The molecule has 1 saturated heterocycles. The van der Waals surface area contributed by atoms with E-state index in [1.165, 1.54) is 0 Å². The molecule has 0 saturated carbocycles. The Morgan fingerprint density at radius 3 is 2.62 bits per heavy atom. The number of aryl methyl sites for hydroxylation is 1. The van der Waals surface area contributed by atoms with Crippen molar-refractivity contribution in [2.24, 2.45) is 0 Å². The minimum Gasteiger partial charge on any atom is -0.508 e. The highest BCUT2D eigenvalue weighted by atomic mass is 16.5. The Morgan fingerprint density at radius 2 is 2.00 bits per heavy atom. The molecule has 1 aliphatic heterocycles. The minimum absolute atomic E-state index is 0.104. The van der Waals surface area contributed by atoms with Crippen LogP contribution in [-0.4, -0.2) is 23.8 Å². The number of phenolic OH excluding ortho intramolecular Hbond substituents is 1. The first-order valence-electron chi connectivity index (χ1n) is 5.78. The zero-order chi connectivity index (χ0) is 11.6. The van der Waals surface area contributed by atoms with Gasteiger partial charge in [-0.15, -0.1) is 0 Å². The van der Waals surface area contributed by atoms with Gasteiger partial charge in [-0.1, -0.05) is 6.07 Å². The summed E-state index contributed by atoms with van der Waals surface area (Å²) in [6, 6.07) is 5.50. The number of hydrogen-bond donors (Lipinski definition) is 2. The van der Waals surface area contributed by atoms with E-state index in [9.17, 15) is 5.11 Å². The van der Waals surface area contributed by atoms with Gasteiger partial charge in [0, 0.05) is 6.07 Å². The van der Waals surface area contributed by atoms with Gasteiger partial charge in [0.25, 0.3) is 0 Å². The normalized spacial score (nSPS) is 19.4. The summed E-state index contributed by atoms with van der Waals surface area (Å²) < 4.78 is 5.98. The van der Waals surface area contributed by atoms with Crippen LogP contribution in [0.25, 0.3) is 0 Å². The van der Waals surface area contributed by atoms with E-state index in [0.717, 1.165) is 37.2 Å². The Balaban J connectivity index is 2.10. The molecule has 3 nitrogen and oxygen atoms in total. The number of hydrogen-bond acceptors (Lipinski definition) is 3. The van der Waals surface area contributed by atoms with Crippen LogP contribution in [0.3, 0.4) is 0 Å². The van der Waals surface area contributed by atoms with Crippen molar-refractivity contribution in [1.29, 1.82) is 0 Å². The second-order valence-corrected chi connectivity index (χ2v) is 4.75. The summed E-state index contributed by atoms with van der Waals surface area (Å²) >= 11 is 0. The van der Waals surface area contributed by atoms with Gasteiger partial charge < -0.3 is 15.2 Å². The van der Waals surface area contributed by atoms with E-state index >= 15 is 0 Å². The zero-order valence-electron chi connectivity index (χ0n) is 9.92. The first-order chi connectivity index (χ1) is 7.59. The molecule has 0 unspecified atom stereocenters. The molecule has 88 valence electrons. The lowest BCUT2D eigenvalue weighted by molar-refractivity contribution is 0.0554. The van der Waals surface area contributed by atoms with Crippen LogP contribution < -0.4 is 10.1 Å². The Morgan fingerprint density at radius 1 is 1.31 bits per heavy atom. The van der Waals surface area contributed by atoms with Crippen molar-refractivity contribution in [3.05, 3.63) is 23.8 Å². The van der Waals surface area contributed by atoms with Crippen LogP contribution in [0.4, 0.5) is 0 Å². The Labute approximate surface area is 96.4 Å². The predicted molar refractivity (Wildman–Crippen MR) is 64.0 cm³/mol. The van der Waals surface area contributed by atoms with Gasteiger partial charge in [-0.05, 0) is 51.4 Å². The van der Waals surface area contributed by atoms with Crippen LogP contribution in [0.2, 0.25) is 0 Å². The highest BCUT2D eigenvalue weighted by molar-refractivity contribution is 5.38. The molecule has 0 atom stereocenters. The topological polar surface area (TPSA) is 41.5 Å². The molecule has 3 heteroatoms. The molecule has 0 bridgehead atoms. The van der Waals surface area contributed by atoms with Crippen molar-refractivity contribution < 1.29 is 9.84 Å². The molecule has 2 N–H and O–H groups in total. The van der Waals surface area contributed by atoms with Crippen molar-refractivity contribution in [2.45, 2.75) is 32.3 Å². The Kier molecular flexibility index (Phi) is 3.06. The number of piperidine rings is 1. The molecule has 1 aromatic carbocycles. The highest BCUT2D eigenvalue weighted by Crippen LogP contribution is 2.29. The van der Waals surface area contributed by atoms with Gasteiger partial charge in [0.1, 0.15) is 17.1 Å². The summed E-state index contributed by atoms with van der Waals surface area (Å²) in [4.78, 5) is 0. The van der Waals surface area contributed by atoms with E-state index in [4.69, 9.17) is 4.74 Å². The highest BCUT2D eigenvalue weighted by Gasteiger charge is 2.28. The van der Waals surface area contributed by atoms with Crippen molar-refractivity contribution >= 4 is 0 Å². The molecule has 1 aromatic rings. The maximum absolute atomic E-state index is 9.62. The summed E-state index contributed by atoms with van der Waals surface area (Å²) in [6.07, 6.45) is 2.00. The lowest BCUT2D eigenvalue weighted by Crippen LogP contribution is -2.43. The van der Waals surface area contributed by atoms with Crippen LogP contribution >= 0.6 is 0 Å². The molecule has 0 amide bonds. The van der Waals surface area contributed by atoms with E-state index in [-0.39, 0.29) is 5.60 Å². The van der Waals surface area contributed by atoms with Crippen LogP contribution in [-0.2, 0) is 0 Å². The van der Waals surface area contributed by atoms with Gasteiger partial charge >= 0.3 is 0 Å². The van der Waals surface area contributed by atoms with E-state index < -0.39 is 0 Å². The summed E-state index contributed by atoms with van der Waals surface area (Å²) in [5.74, 6) is 1.06. The van der Waals surface area contributed by atoms with Gasteiger partial charge in [-0.3, -0.25) is 0 Å². The van der Waals surface area contributed by atoms with E-state index in [0.29, 0.717) is 5.75 Å². The fourth-order valence-electron chi connectivity index (χ4n) is 1.99. The lowest BCUT2D eigenvalue weighted by atomic mass is 9.94. The third-order valence-corrected chi connectivity index (χ3v) is 3.21. The minimum atomic E-state index is -0.104. The van der Waals surface area contributed by atoms with Crippen LogP contribution in [0, 0.1) is 6.92 Å². The maximum atomic E-state index is 9.62. The van der Waals surface area contributed by atoms with Gasteiger partial charge in [0.15, 0.2) is 0 Å². The van der Waals surface area contributed by atoms with Crippen molar-refractivity contribution in [3.63, 3.8) is 0 Å². The van der Waals surface area contributed by atoms with Gasteiger partial charge in [-0.2, -0.15) is 0 Å². The predicted octanol–water partition coefficient (Wildman–Crippen LogP) is 2.22. The largest absolute Gasteiger partial charge is 0.508 e. The Hall–Kier alpha value is -1.22. The first kappa shape index (κ1) is 11.3. The zero-order valence-corrected chi connectivity index (χ0v) is 9.92. The third kappa shape index (κ3) is 2.47. The average Bonchev–Trinajstić information content (AvgIpc) is 2.24. The molecule has 1 fully saturated rings. The average molecular weight is 221 g/mol. The second kappa shape index (κ2) is 4.34. The molecule has 16 heavy (non-hydrogen) atoms. The fourth-order valence-corrected chi connectivity index (χ4v) is 1.99. The summed E-state index contributed by atoms with van der Waals surface area (Å²) in [5, 5.41) is 12.9. The van der Waals surface area contributed by atoms with Crippen molar-refractivity contribution in [3.8, 4) is 11.5 Å². The SMILES string of the molecule is Cc1ccc(OC2(C)CCNCC2)cc1O. The van der Waals surface area contributed by atoms with Gasteiger partial charge in [0.05, 0.1) is 0 Å². The summed E-state index contributed by atoms with van der Waals surface area (Å²) in [5.41, 5.74) is 0.773. The van der Waals surface area contributed by atoms with Crippen molar-refractivity contribution in [2.75, 3.05) is 13.1 Å². The molecule has 0 aromatic heterocycles. The number of aromatic hydroxyl groups is 1. The molecule has 2 rings (SSSR count). The monoisotopic (exact) mass is 221 g/mol. The molecule has 1 heterocycles. The molecule has 0 radical (unpaired) electrons. The van der Waals surface area contributed by atoms with E-state index in [2.05, 4.69) is 12.2 Å². The first-order valence-corrected chi connectivity index (χ1v) is 5.78. The summed E-state index contributed by atoms with van der Waals surface area (Å²) in [7, 11) is 0. The van der Waals surface area contributed by atoms with E-state index in [1.807, 2.05) is 19.1 Å². The molecule has 1 aliphatic rings. The number of ether oxygens (including phenoxy) is 1. The number of rotatable bonds is 2. The van der Waals surface area contributed by atoms with Gasteiger partial charge in [-0.25, -0.2) is 0 Å². The third-order valence-electron chi connectivity index (χ3n) is 3.21. The second-order valence-electron chi connectivity index (χ2n) is 4.75. The lowest BCUT2D eigenvalue weighted by Gasteiger charge is -2.34. The molecule has 0 spiro atoms. The number of phenols is 1. The van der Waals surface area contributed by atoms with Crippen molar-refractivity contribution in [1.82, 2.24) is 5.32 Å². The van der Waals surface area contributed by atoms with Gasteiger partial charge in [0.2, 0.25) is 0 Å². The Bertz CT molecular complexity index is 370. The molecule has 0 aliphatic carbocycles. The number of nitrogens with one attached hydrogen (secondary N) is 1. The van der Waals surface area contributed by atoms with Crippen LogP contribution in [0.15, 0.2) is 18.2 Å². The summed E-state index contributed by atoms with van der Waals surface area (Å²) in [6.45, 7) is 6.00. The standard InChI is InChI=1S/C13H19NO2/c1-10-3-4-11(9-12(10)15)16-13(2)5-7-14-8-6-13/h3-4,9,14-15H,5-8H2,1-2H3. The van der Waals surface area contributed by atoms with Crippen LogP contribution in [0.1, 0.15) is 25.3 Å².